The van der Waals surface area contributed by atoms with E-state index in [0.29, 0.717) is 25.0 Å². The van der Waals surface area contributed by atoms with Crippen molar-refractivity contribution in [3.8, 4) is 0 Å². The van der Waals surface area contributed by atoms with Crippen molar-refractivity contribution in [2.45, 2.75) is 119 Å². The molecule has 0 rings (SSSR count). The van der Waals surface area contributed by atoms with Gasteiger partial charge in [0.05, 0.1) is 13.2 Å². The van der Waals surface area contributed by atoms with Crippen LogP contribution in [0.25, 0.3) is 0 Å². The van der Waals surface area contributed by atoms with Crippen LogP contribution in [0.5, 0.6) is 0 Å². The number of hydrogen-bond donors (Lipinski definition) is 2. The maximum atomic E-state index is 11.9. The molecule has 0 aromatic heterocycles. The van der Waals surface area contributed by atoms with Crippen LogP contribution in [0.3, 0.4) is 0 Å². The Morgan fingerprint density at radius 2 is 1.00 bits per heavy atom. The molecule has 0 saturated carbocycles. The first kappa shape index (κ1) is 36.4. The molecule has 0 spiro atoms. The average Bonchev–Trinajstić information content (AvgIpc) is 2.67. The summed E-state index contributed by atoms with van der Waals surface area (Å²) in [5.41, 5.74) is 0. The van der Waals surface area contributed by atoms with Gasteiger partial charge in [0.15, 0.2) is 0 Å². The van der Waals surface area contributed by atoms with Gasteiger partial charge >= 0.3 is 7.82 Å². The van der Waals surface area contributed by atoms with Crippen molar-refractivity contribution in [3.63, 3.8) is 0 Å². The minimum Gasteiger partial charge on any atom is -0.412 e. The molecule has 2 atom stereocenters. The molecule has 0 heterocycles. The van der Waals surface area contributed by atoms with Gasteiger partial charge in [-0.15, -0.1) is 0 Å². The van der Waals surface area contributed by atoms with Gasteiger partial charge in [-0.2, -0.15) is 0 Å². The van der Waals surface area contributed by atoms with Crippen molar-refractivity contribution < 1.29 is 24.0 Å². The van der Waals surface area contributed by atoms with E-state index in [2.05, 4.69) is 41.5 Å². The minimum absolute atomic E-state index is 0. The zero-order chi connectivity index (χ0) is 21.0. The summed E-state index contributed by atoms with van der Waals surface area (Å²) >= 11 is 0. The first-order chi connectivity index (χ1) is 12.9. The minimum atomic E-state index is -3.89. The lowest BCUT2D eigenvalue weighted by Crippen LogP contribution is -2.12. The highest BCUT2D eigenvalue weighted by molar-refractivity contribution is 7.47. The molecule has 0 aromatic carbocycles. The summed E-state index contributed by atoms with van der Waals surface area (Å²) < 4.78 is 22.2. The molecule has 6 nitrogen and oxygen atoms in total. The summed E-state index contributed by atoms with van der Waals surface area (Å²) in [7, 11) is -3.89. The third kappa shape index (κ3) is 26.0. The normalized spacial score (nSPS) is 14.4. The highest BCUT2D eigenvalue weighted by atomic mass is 31.2. The van der Waals surface area contributed by atoms with Crippen molar-refractivity contribution in [2.24, 2.45) is 11.8 Å². The molecule has 0 fully saturated rings. The Kier molecular flexibility index (Phi) is 32.7. The van der Waals surface area contributed by atoms with Crippen LogP contribution in [-0.2, 0) is 13.6 Å². The van der Waals surface area contributed by atoms with E-state index >= 15 is 0 Å². The Labute approximate surface area is 182 Å². The molecule has 2 unspecified atom stereocenters. The van der Waals surface area contributed by atoms with E-state index in [0.717, 1.165) is 51.4 Å². The fourth-order valence-corrected chi connectivity index (χ4v) is 3.61. The monoisotopic (exact) mass is 443 g/mol. The van der Waals surface area contributed by atoms with E-state index < -0.39 is 7.82 Å². The van der Waals surface area contributed by atoms with Crippen LogP contribution in [0.4, 0.5) is 0 Å². The third-order valence-corrected chi connectivity index (χ3v) is 5.94. The number of unbranched alkanes of at least 4 members (excludes halogenated alkanes) is 5. The number of phosphoric ester groups is 1. The van der Waals surface area contributed by atoms with Crippen LogP contribution >= 0.6 is 7.82 Å². The van der Waals surface area contributed by atoms with Gasteiger partial charge in [-0.25, -0.2) is 4.57 Å². The third-order valence-electron chi connectivity index (χ3n) is 4.99. The van der Waals surface area contributed by atoms with Crippen molar-refractivity contribution in [2.75, 3.05) is 13.2 Å². The first-order valence-electron chi connectivity index (χ1n) is 11.5. The predicted octanol–water partition coefficient (Wildman–Crippen LogP) is 7.48. The van der Waals surface area contributed by atoms with E-state index in [4.69, 9.17) is 9.05 Å². The maximum Gasteiger partial charge on any atom is 0.472 e. The highest BCUT2D eigenvalue weighted by Crippen LogP contribution is 2.44. The van der Waals surface area contributed by atoms with Gasteiger partial charge in [-0.05, 0) is 24.7 Å². The SMILES string of the molecule is CCCCC(CC)COP(=O)(O)OCC(CC)CCCC.CCCCCC.N.O. The van der Waals surface area contributed by atoms with Gasteiger partial charge in [0, 0.05) is 0 Å². The number of rotatable bonds is 17. The number of hydrogen-bond acceptors (Lipinski definition) is 4. The smallest absolute Gasteiger partial charge is 0.412 e. The molecule has 0 aliphatic rings. The van der Waals surface area contributed by atoms with Gasteiger partial charge in [0.2, 0.25) is 0 Å². The topological polar surface area (TPSA) is 122 Å². The van der Waals surface area contributed by atoms with E-state index in [-0.39, 0.29) is 11.6 Å². The second-order valence-electron chi connectivity index (χ2n) is 7.60. The molecule has 6 N–H and O–H groups in total. The lowest BCUT2D eigenvalue weighted by molar-refractivity contribution is 0.110. The maximum absolute atomic E-state index is 11.9. The molecule has 182 valence electrons. The van der Waals surface area contributed by atoms with Crippen LogP contribution in [0.15, 0.2) is 0 Å². The van der Waals surface area contributed by atoms with Gasteiger partial charge in [-0.1, -0.05) is 106 Å². The molecule has 0 aliphatic carbocycles. The molecule has 0 radical (unpaired) electrons. The summed E-state index contributed by atoms with van der Waals surface area (Å²) in [6, 6.07) is 0. The Morgan fingerprint density at radius 1 is 0.690 bits per heavy atom. The standard InChI is InChI=1S/C16H35O4P.C6H14.H3N.H2O/c1-5-9-11-15(7-3)13-19-21(17,18)20-14-16(8-4)12-10-6-2;1-3-5-6-4-2;;/h15-16H,5-14H2,1-4H3,(H,17,18);3-6H2,1-2H3;1H3;1H2. The second-order valence-corrected chi connectivity index (χ2v) is 9.05. The first-order valence-corrected chi connectivity index (χ1v) is 13.0. The van der Waals surface area contributed by atoms with Crippen LogP contribution in [0.1, 0.15) is 119 Å². The largest absolute Gasteiger partial charge is 0.472 e. The zero-order valence-corrected chi connectivity index (χ0v) is 21.3. The molecule has 0 aromatic rings. The van der Waals surface area contributed by atoms with Gasteiger partial charge in [0.25, 0.3) is 0 Å². The molecule has 0 amide bonds. The zero-order valence-electron chi connectivity index (χ0n) is 20.4. The highest BCUT2D eigenvalue weighted by Gasteiger charge is 2.24. The van der Waals surface area contributed by atoms with Crippen molar-refractivity contribution in [3.05, 3.63) is 0 Å². The van der Waals surface area contributed by atoms with E-state index in [1.54, 1.807) is 0 Å². The second kappa shape index (κ2) is 26.1. The lowest BCUT2D eigenvalue weighted by atomic mass is 10.0. The quantitative estimate of drug-likeness (QED) is 0.178. The molecule has 7 heteroatoms. The Bertz CT molecular complexity index is 317. The van der Waals surface area contributed by atoms with E-state index in [9.17, 15) is 9.46 Å². The molecule has 0 bridgehead atoms. The predicted molar refractivity (Wildman–Crippen MR) is 127 cm³/mol. The molecule has 0 aliphatic heterocycles. The van der Waals surface area contributed by atoms with E-state index in [1.807, 2.05) is 0 Å². The van der Waals surface area contributed by atoms with Crippen molar-refractivity contribution in [1.82, 2.24) is 6.15 Å². The van der Waals surface area contributed by atoms with Gasteiger partial charge in [0.1, 0.15) is 0 Å². The van der Waals surface area contributed by atoms with Crippen molar-refractivity contribution >= 4 is 7.82 Å². The van der Waals surface area contributed by atoms with Gasteiger partial charge in [-0.3, -0.25) is 9.05 Å². The Morgan fingerprint density at radius 3 is 1.24 bits per heavy atom. The van der Waals surface area contributed by atoms with Crippen LogP contribution in [0, 0.1) is 11.8 Å². The summed E-state index contributed by atoms with van der Waals surface area (Å²) in [4.78, 5) is 9.77. The van der Waals surface area contributed by atoms with Crippen molar-refractivity contribution in [1.29, 1.82) is 0 Å². The fourth-order valence-electron chi connectivity index (χ4n) is 2.73. The molecular formula is C22H54NO5P. The molecule has 0 saturated heterocycles. The van der Waals surface area contributed by atoms with Crippen LogP contribution < -0.4 is 6.15 Å². The van der Waals surface area contributed by atoms with Crippen LogP contribution in [0.2, 0.25) is 0 Å². The Hall–Kier alpha value is 0.0300. The summed E-state index contributed by atoms with van der Waals surface area (Å²) in [6.45, 7) is 13.6. The van der Waals surface area contributed by atoms with E-state index in [1.165, 1.54) is 25.7 Å². The lowest BCUT2D eigenvalue weighted by Gasteiger charge is -2.20. The average molecular weight is 444 g/mol. The summed E-state index contributed by atoms with van der Waals surface area (Å²) in [6.07, 6.45) is 14.1. The van der Waals surface area contributed by atoms with Crippen LogP contribution in [-0.4, -0.2) is 23.6 Å². The van der Waals surface area contributed by atoms with Gasteiger partial charge < -0.3 is 16.5 Å². The fraction of sp³-hybridized carbons (Fsp3) is 1.00. The molecular weight excluding hydrogens is 389 g/mol. The molecule has 29 heavy (non-hydrogen) atoms. The Balaban J connectivity index is -0.000000340. The summed E-state index contributed by atoms with van der Waals surface area (Å²) in [5, 5.41) is 0. The number of phosphoric acid groups is 1. The summed E-state index contributed by atoms with van der Waals surface area (Å²) in [5.74, 6) is 0.687.